The fourth-order valence-corrected chi connectivity index (χ4v) is 4.27. The van der Waals surface area contributed by atoms with Crippen LogP contribution in [0.4, 0.5) is 10.5 Å². The lowest BCUT2D eigenvalue weighted by molar-refractivity contribution is 0.0140. The molecule has 1 aromatic carbocycles. The van der Waals surface area contributed by atoms with E-state index in [0.29, 0.717) is 50.1 Å². The van der Waals surface area contributed by atoms with E-state index in [2.05, 4.69) is 30.0 Å². The number of para-hydroxylation sites is 1. The number of anilines is 1. The molecule has 1 unspecified atom stereocenters. The van der Waals surface area contributed by atoms with Crippen LogP contribution in [-0.4, -0.2) is 59.6 Å². The molecule has 3 heterocycles. The Morgan fingerprint density at radius 2 is 1.74 bits per heavy atom. The van der Waals surface area contributed by atoms with Crippen molar-refractivity contribution in [3.63, 3.8) is 0 Å². The Kier molecular flexibility index (Phi) is 5.69. The van der Waals surface area contributed by atoms with E-state index in [1.54, 1.807) is 22.1 Å². The lowest BCUT2D eigenvalue weighted by atomic mass is 10.1. The van der Waals surface area contributed by atoms with Gasteiger partial charge in [-0.2, -0.15) is 0 Å². The number of hydrogen-bond donors (Lipinski definition) is 0. The van der Waals surface area contributed by atoms with Crippen LogP contribution in [0.15, 0.2) is 41.0 Å². The molecule has 1 atom stereocenters. The predicted octanol–water partition coefficient (Wildman–Crippen LogP) is 3.92. The van der Waals surface area contributed by atoms with Crippen LogP contribution >= 0.6 is 0 Å². The number of benzene rings is 1. The van der Waals surface area contributed by atoms with Crippen molar-refractivity contribution < 1.29 is 18.7 Å². The van der Waals surface area contributed by atoms with E-state index in [4.69, 9.17) is 9.15 Å². The average molecular weight is 426 g/mol. The van der Waals surface area contributed by atoms with Gasteiger partial charge >= 0.3 is 6.09 Å². The number of fused-ring (bicyclic) bond motifs is 1. The van der Waals surface area contributed by atoms with Gasteiger partial charge in [0.15, 0.2) is 0 Å². The minimum Gasteiger partial charge on any atom is -0.467 e. The molecular weight excluding hydrogens is 394 g/mol. The molecule has 2 amide bonds. The van der Waals surface area contributed by atoms with Crippen molar-refractivity contribution >= 4 is 17.7 Å². The van der Waals surface area contributed by atoms with Crippen LogP contribution in [0.2, 0.25) is 0 Å². The molecule has 7 nitrogen and oxygen atoms in total. The zero-order valence-electron chi connectivity index (χ0n) is 18.8. The molecule has 31 heavy (non-hydrogen) atoms. The highest BCUT2D eigenvalue weighted by Gasteiger charge is 2.31. The lowest BCUT2D eigenvalue weighted by Crippen LogP contribution is -2.51. The number of furan rings is 1. The molecule has 2 aliphatic heterocycles. The Morgan fingerprint density at radius 1 is 1.06 bits per heavy atom. The van der Waals surface area contributed by atoms with E-state index < -0.39 is 5.60 Å². The third-order valence-electron chi connectivity index (χ3n) is 5.86. The fourth-order valence-electron chi connectivity index (χ4n) is 4.27. The summed E-state index contributed by atoms with van der Waals surface area (Å²) in [5, 5.41) is 0. The van der Waals surface area contributed by atoms with Gasteiger partial charge in [-0.1, -0.05) is 18.2 Å². The largest absolute Gasteiger partial charge is 0.467 e. The monoisotopic (exact) mass is 425 g/mol. The smallest absolute Gasteiger partial charge is 0.410 e. The first-order valence-electron chi connectivity index (χ1n) is 10.9. The number of carbonyl (C=O) groups is 2. The first kappa shape index (κ1) is 21.3. The van der Waals surface area contributed by atoms with Crippen molar-refractivity contribution in [2.75, 3.05) is 31.1 Å². The summed E-state index contributed by atoms with van der Waals surface area (Å²) in [4.78, 5) is 31.2. The number of carbonyl (C=O) groups excluding carboxylic acids is 2. The molecule has 166 valence electrons. The van der Waals surface area contributed by atoms with Crippen molar-refractivity contribution in [2.45, 2.75) is 52.3 Å². The Balaban J connectivity index is 1.40. The Bertz CT molecular complexity index is 954. The number of rotatable bonds is 3. The molecule has 1 aromatic heterocycles. The summed E-state index contributed by atoms with van der Waals surface area (Å²) in [7, 11) is 0. The highest BCUT2D eigenvalue weighted by atomic mass is 16.6. The number of nitrogens with zero attached hydrogens (tertiary/aromatic N) is 3. The predicted molar refractivity (Wildman–Crippen MR) is 118 cm³/mol. The highest BCUT2D eigenvalue weighted by molar-refractivity contribution is 5.95. The minimum absolute atomic E-state index is 0.0484. The van der Waals surface area contributed by atoms with Crippen molar-refractivity contribution in [1.29, 1.82) is 0 Å². The van der Waals surface area contributed by atoms with Crippen LogP contribution in [0.25, 0.3) is 0 Å². The highest BCUT2D eigenvalue weighted by Crippen LogP contribution is 2.33. The molecule has 4 rings (SSSR count). The van der Waals surface area contributed by atoms with Gasteiger partial charge in [0.25, 0.3) is 5.91 Å². The van der Waals surface area contributed by atoms with Crippen LogP contribution in [0.3, 0.4) is 0 Å². The van der Waals surface area contributed by atoms with Gasteiger partial charge in [0, 0.05) is 37.9 Å². The number of piperazine rings is 1. The molecular formula is C24H31N3O4. The summed E-state index contributed by atoms with van der Waals surface area (Å²) in [6, 6.07) is 10.5. The van der Waals surface area contributed by atoms with Gasteiger partial charge < -0.3 is 23.9 Å². The summed E-state index contributed by atoms with van der Waals surface area (Å²) in [6.45, 7) is 10.2. The zero-order chi connectivity index (χ0) is 22.2. The van der Waals surface area contributed by atoms with Crippen molar-refractivity contribution in [1.82, 2.24) is 9.80 Å². The molecule has 0 bridgehead atoms. The quantitative estimate of drug-likeness (QED) is 0.746. The molecule has 7 heteroatoms. The van der Waals surface area contributed by atoms with E-state index in [1.807, 2.05) is 26.8 Å². The zero-order valence-corrected chi connectivity index (χ0v) is 18.8. The van der Waals surface area contributed by atoms with Crippen molar-refractivity contribution in [2.24, 2.45) is 0 Å². The van der Waals surface area contributed by atoms with E-state index >= 15 is 0 Å². The van der Waals surface area contributed by atoms with Crippen LogP contribution < -0.4 is 4.90 Å². The maximum Gasteiger partial charge on any atom is 0.410 e. The second kappa shape index (κ2) is 8.29. The summed E-state index contributed by atoms with van der Waals surface area (Å²) in [5.41, 5.74) is 2.60. The van der Waals surface area contributed by atoms with Gasteiger partial charge in [-0.3, -0.25) is 4.79 Å². The van der Waals surface area contributed by atoms with E-state index in [1.165, 1.54) is 11.3 Å². The van der Waals surface area contributed by atoms with Crippen LogP contribution in [0.1, 0.15) is 49.4 Å². The topological polar surface area (TPSA) is 66.2 Å². The molecule has 0 saturated carbocycles. The summed E-state index contributed by atoms with van der Waals surface area (Å²) in [6.07, 6.45) is 2.25. The second-order valence-electron chi connectivity index (χ2n) is 9.33. The Morgan fingerprint density at radius 3 is 2.45 bits per heavy atom. The summed E-state index contributed by atoms with van der Waals surface area (Å²) >= 11 is 0. The molecule has 2 aliphatic rings. The van der Waals surface area contributed by atoms with Gasteiger partial charge in [-0.05, 0) is 51.8 Å². The first-order chi connectivity index (χ1) is 14.7. The molecule has 2 aromatic rings. The van der Waals surface area contributed by atoms with E-state index in [0.717, 1.165) is 6.42 Å². The van der Waals surface area contributed by atoms with Crippen LogP contribution in [-0.2, 0) is 17.7 Å². The maximum atomic E-state index is 13.2. The Labute approximate surface area is 183 Å². The molecule has 1 fully saturated rings. The maximum absolute atomic E-state index is 13.2. The van der Waals surface area contributed by atoms with Crippen LogP contribution in [0.5, 0.6) is 0 Å². The summed E-state index contributed by atoms with van der Waals surface area (Å²) < 4.78 is 11.2. The Hall–Kier alpha value is -2.96. The number of hydrogen-bond acceptors (Lipinski definition) is 5. The van der Waals surface area contributed by atoms with Crippen molar-refractivity contribution in [3.8, 4) is 0 Å². The van der Waals surface area contributed by atoms with Gasteiger partial charge in [0.1, 0.15) is 11.4 Å². The van der Waals surface area contributed by atoms with Crippen LogP contribution in [0, 0.1) is 0 Å². The van der Waals surface area contributed by atoms with Gasteiger partial charge in [0.05, 0.1) is 18.4 Å². The average Bonchev–Trinajstić information content (AvgIpc) is 3.31. The lowest BCUT2D eigenvalue weighted by Gasteiger charge is -2.35. The molecule has 0 N–H and O–H groups in total. The number of ether oxygens (including phenoxy) is 1. The molecule has 1 saturated heterocycles. The third kappa shape index (κ3) is 4.55. The van der Waals surface area contributed by atoms with Gasteiger partial charge in [-0.25, -0.2) is 4.79 Å². The fraction of sp³-hybridized carbons (Fsp3) is 0.500. The molecule has 0 radical (unpaired) electrons. The van der Waals surface area contributed by atoms with E-state index in [9.17, 15) is 9.59 Å². The molecule has 0 spiro atoms. The second-order valence-corrected chi connectivity index (χ2v) is 9.33. The SMILES string of the molecule is CC1Cc2ccccc2N1Cc1occc1C(=O)N1CCN(C(=O)OC(C)(C)C)CC1. The van der Waals surface area contributed by atoms with Gasteiger partial charge in [-0.15, -0.1) is 0 Å². The standard InChI is InChI=1S/C24H31N3O4/c1-17-15-18-7-5-6-8-20(18)27(17)16-21-19(9-14-30-21)22(28)25-10-12-26(13-11-25)23(29)31-24(2,3)4/h5-9,14,17H,10-13,15-16H2,1-4H3. The summed E-state index contributed by atoms with van der Waals surface area (Å²) in [5.74, 6) is 0.635. The molecule has 0 aliphatic carbocycles. The van der Waals surface area contributed by atoms with E-state index in [-0.39, 0.29) is 12.0 Å². The normalized spacial score (nSPS) is 18.8. The first-order valence-corrected chi connectivity index (χ1v) is 10.9. The van der Waals surface area contributed by atoms with Crippen molar-refractivity contribution in [3.05, 3.63) is 53.5 Å². The minimum atomic E-state index is -0.527. The number of amides is 2. The van der Waals surface area contributed by atoms with Gasteiger partial charge in [0.2, 0.25) is 0 Å². The third-order valence-corrected chi connectivity index (χ3v) is 5.86.